The van der Waals surface area contributed by atoms with E-state index in [1.807, 2.05) is 73.0 Å². The molecule has 1 N–H and O–H groups in total. The number of para-hydroxylation sites is 2. The number of nitrogens with one attached hydrogen (secondary N) is 1. The third-order valence-electron chi connectivity index (χ3n) is 6.73. The Labute approximate surface area is 176 Å². The Morgan fingerprint density at radius 2 is 1.77 bits per heavy atom. The second-order valence-corrected chi connectivity index (χ2v) is 8.83. The number of fused-ring (bicyclic) bond motifs is 3. The number of aryl methyl sites for hydroxylation is 1. The van der Waals surface area contributed by atoms with E-state index in [2.05, 4.69) is 5.32 Å². The number of amides is 2. The molecule has 5 nitrogen and oxygen atoms in total. The number of hydrogen-bond donors (Lipinski definition) is 1. The summed E-state index contributed by atoms with van der Waals surface area (Å²) < 4.78 is 2.01. The number of aromatic nitrogens is 1. The van der Waals surface area contributed by atoms with E-state index in [0.717, 1.165) is 47.8 Å². The molecule has 0 spiro atoms. The summed E-state index contributed by atoms with van der Waals surface area (Å²) in [6, 6.07) is 17.9. The summed E-state index contributed by atoms with van der Waals surface area (Å²) >= 11 is 0. The summed E-state index contributed by atoms with van der Waals surface area (Å²) in [5.41, 5.74) is 2.38. The molecule has 154 valence electrons. The summed E-state index contributed by atoms with van der Waals surface area (Å²) in [5.74, 6) is -0.203. The van der Waals surface area contributed by atoms with Gasteiger partial charge < -0.3 is 9.88 Å². The lowest BCUT2D eigenvalue weighted by Crippen LogP contribution is -2.65. The molecule has 1 saturated carbocycles. The Morgan fingerprint density at radius 1 is 1.07 bits per heavy atom. The van der Waals surface area contributed by atoms with E-state index in [1.54, 1.807) is 4.90 Å². The van der Waals surface area contributed by atoms with Gasteiger partial charge in [-0.15, -0.1) is 0 Å². The van der Waals surface area contributed by atoms with Gasteiger partial charge in [-0.05, 0) is 50.5 Å². The average Bonchev–Trinajstić information content (AvgIpc) is 3.37. The van der Waals surface area contributed by atoms with Crippen molar-refractivity contribution < 1.29 is 9.59 Å². The van der Waals surface area contributed by atoms with Crippen molar-refractivity contribution in [1.29, 1.82) is 0 Å². The van der Waals surface area contributed by atoms with Crippen molar-refractivity contribution in [2.75, 3.05) is 4.90 Å². The monoisotopic (exact) mass is 401 g/mol. The minimum absolute atomic E-state index is 0.0746. The number of hydrogen-bond acceptors (Lipinski definition) is 2. The first kappa shape index (κ1) is 18.9. The lowest BCUT2D eigenvalue weighted by atomic mass is 9.92. The first-order chi connectivity index (χ1) is 14.5. The second kappa shape index (κ2) is 7.01. The van der Waals surface area contributed by atoms with E-state index in [-0.39, 0.29) is 17.9 Å². The molecular weight excluding hydrogens is 374 g/mol. The van der Waals surface area contributed by atoms with Crippen LogP contribution < -0.4 is 10.2 Å². The van der Waals surface area contributed by atoms with Gasteiger partial charge in [0.05, 0.1) is 6.54 Å². The van der Waals surface area contributed by atoms with Gasteiger partial charge in [-0.3, -0.25) is 14.5 Å². The molecule has 0 radical (unpaired) electrons. The quantitative estimate of drug-likeness (QED) is 0.706. The van der Waals surface area contributed by atoms with Crippen molar-refractivity contribution in [1.82, 2.24) is 9.88 Å². The summed E-state index contributed by atoms with van der Waals surface area (Å²) in [4.78, 5) is 29.2. The Bertz CT molecular complexity index is 1140. The molecule has 2 aromatic carbocycles. The van der Waals surface area contributed by atoms with Crippen LogP contribution in [0.2, 0.25) is 0 Å². The maximum atomic E-state index is 13.8. The highest BCUT2D eigenvalue weighted by Gasteiger charge is 2.49. The van der Waals surface area contributed by atoms with Crippen LogP contribution in [-0.2, 0) is 11.3 Å². The molecule has 1 fully saturated rings. The third kappa shape index (κ3) is 2.83. The largest absolute Gasteiger partial charge is 0.351 e. The highest BCUT2D eigenvalue weighted by molar-refractivity contribution is 6.14. The lowest BCUT2D eigenvalue weighted by Gasteiger charge is -2.45. The minimum Gasteiger partial charge on any atom is -0.351 e. The summed E-state index contributed by atoms with van der Waals surface area (Å²) in [6.07, 6.45) is 4.32. The third-order valence-corrected chi connectivity index (χ3v) is 6.73. The molecule has 5 rings (SSSR count). The number of anilines is 1. The van der Waals surface area contributed by atoms with E-state index in [1.165, 1.54) is 0 Å². The average molecular weight is 402 g/mol. The number of benzene rings is 2. The van der Waals surface area contributed by atoms with Crippen LogP contribution >= 0.6 is 0 Å². The zero-order chi connectivity index (χ0) is 20.9. The van der Waals surface area contributed by atoms with E-state index in [4.69, 9.17) is 0 Å². The standard InChI is InChI=1S/C25H27N3O2/c1-17-9-3-7-13-20(17)28-23(29)22-15-18-10-4-8-14-21(18)27(22)16-25(28,2)24(30)26-19-11-5-6-12-19/h3-4,7-10,13-15,19H,5-6,11-12,16H2,1-2H3,(H,26,30). The Morgan fingerprint density at radius 3 is 2.53 bits per heavy atom. The van der Waals surface area contributed by atoms with Crippen LogP contribution in [0.5, 0.6) is 0 Å². The smallest absolute Gasteiger partial charge is 0.275 e. The van der Waals surface area contributed by atoms with Crippen molar-refractivity contribution >= 4 is 28.4 Å². The van der Waals surface area contributed by atoms with Gasteiger partial charge in [0.25, 0.3) is 5.91 Å². The molecule has 0 bridgehead atoms. The molecule has 2 aliphatic rings. The van der Waals surface area contributed by atoms with Gasteiger partial charge in [-0.2, -0.15) is 0 Å². The zero-order valence-electron chi connectivity index (χ0n) is 17.5. The lowest BCUT2D eigenvalue weighted by molar-refractivity contribution is -0.127. The molecule has 5 heteroatoms. The summed E-state index contributed by atoms with van der Waals surface area (Å²) in [7, 11) is 0. The fourth-order valence-electron chi connectivity index (χ4n) is 5.05. The number of nitrogens with zero attached hydrogens (tertiary/aromatic N) is 2. The number of rotatable bonds is 3. The van der Waals surface area contributed by atoms with Gasteiger partial charge in [0, 0.05) is 22.6 Å². The molecular formula is C25H27N3O2. The van der Waals surface area contributed by atoms with Crippen molar-refractivity contribution in [3.63, 3.8) is 0 Å². The van der Waals surface area contributed by atoms with E-state index in [0.29, 0.717) is 12.2 Å². The number of carbonyl (C=O) groups excluding carboxylic acids is 2. The highest BCUT2D eigenvalue weighted by Crippen LogP contribution is 2.37. The summed E-state index contributed by atoms with van der Waals surface area (Å²) in [6.45, 7) is 4.32. The van der Waals surface area contributed by atoms with Gasteiger partial charge in [0.1, 0.15) is 11.2 Å². The van der Waals surface area contributed by atoms with Gasteiger partial charge in [-0.1, -0.05) is 49.2 Å². The van der Waals surface area contributed by atoms with E-state index < -0.39 is 5.54 Å². The predicted octanol–water partition coefficient (Wildman–Crippen LogP) is 4.43. The van der Waals surface area contributed by atoms with Gasteiger partial charge >= 0.3 is 0 Å². The Kier molecular flexibility index (Phi) is 4.42. The fourth-order valence-corrected chi connectivity index (χ4v) is 5.05. The minimum atomic E-state index is -1.01. The molecule has 3 aromatic rings. The molecule has 0 saturated heterocycles. The predicted molar refractivity (Wildman–Crippen MR) is 119 cm³/mol. The van der Waals surface area contributed by atoms with Gasteiger partial charge in [-0.25, -0.2) is 0 Å². The van der Waals surface area contributed by atoms with Crippen LogP contribution in [0.15, 0.2) is 54.6 Å². The molecule has 1 aliphatic heterocycles. The Balaban J connectivity index is 1.66. The first-order valence-corrected chi connectivity index (χ1v) is 10.8. The van der Waals surface area contributed by atoms with Gasteiger partial charge in [0.2, 0.25) is 5.91 Å². The maximum Gasteiger partial charge on any atom is 0.275 e. The molecule has 1 unspecified atom stereocenters. The van der Waals surface area contributed by atoms with Crippen molar-refractivity contribution in [3.05, 3.63) is 65.9 Å². The van der Waals surface area contributed by atoms with Gasteiger partial charge in [0.15, 0.2) is 0 Å². The summed E-state index contributed by atoms with van der Waals surface area (Å²) in [5, 5.41) is 4.27. The SMILES string of the molecule is Cc1ccccc1N1C(=O)c2cc3ccccc3n2CC1(C)C(=O)NC1CCCC1. The van der Waals surface area contributed by atoms with E-state index in [9.17, 15) is 9.59 Å². The fraction of sp³-hybridized carbons (Fsp3) is 0.360. The second-order valence-electron chi connectivity index (χ2n) is 8.83. The molecule has 2 heterocycles. The van der Waals surface area contributed by atoms with Crippen LogP contribution in [0.3, 0.4) is 0 Å². The number of carbonyl (C=O) groups is 2. The van der Waals surface area contributed by atoms with Crippen LogP contribution in [-0.4, -0.2) is 28.0 Å². The molecule has 1 atom stereocenters. The van der Waals surface area contributed by atoms with Crippen molar-refractivity contribution in [3.8, 4) is 0 Å². The van der Waals surface area contributed by atoms with Crippen molar-refractivity contribution in [2.45, 2.75) is 57.7 Å². The zero-order valence-corrected chi connectivity index (χ0v) is 17.5. The normalized spacial score (nSPS) is 21.8. The Hall–Kier alpha value is -3.08. The molecule has 1 aromatic heterocycles. The molecule has 2 amide bonds. The highest BCUT2D eigenvalue weighted by atomic mass is 16.2. The molecule has 1 aliphatic carbocycles. The van der Waals surface area contributed by atoms with E-state index >= 15 is 0 Å². The molecule has 30 heavy (non-hydrogen) atoms. The van der Waals surface area contributed by atoms with Crippen molar-refractivity contribution in [2.24, 2.45) is 0 Å². The first-order valence-electron chi connectivity index (χ1n) is 10.8. The van der Waals surface area contributed by atoms with Crippen LogP contribution in [0.1, 0.15) is 48.7 Å². The van der Waals surface area contributed by atoms with Crippen LogP contribution in [0, 0.1) is 6.92 Å². The van der Waals surface area contributed by atoms with Crippen LogP contribution in [0.25, 0.3) is 10.9 Å². The topological polar surface area (TPSA) is 54.3 Å². The maximum absolute atomic E-state index is 13.8. The van der Waals surface area contributed by atoms with Crippen LogP contribution in [0.4, 0.5) is 5.69 Å².